The van der Waals surface area contributed by atoms with Gasteiger partial charge in [0.1, 0.15) is 0 Å². The maximum atomic E-state index is 12.2. The van der Waals surface area contributed by atoms with Crippen molar-refractivity contribution in [3.63, 3.8) is 0 Å². The fourth-order valence-electron chi connectivity index (χ4n) is 1.52. The standard InChI is InChI=1S/C12H17F2NO2/c1-3-17-11-6-8(4-5-10(11)16-2)9(15)7-12(13)14/h4-6,9,12H,3,7,15H2,1-2H3/t9-/m0/s1. The molecule has 0 amide bonds. The third-order valence-corrected chi connectivity index (χ3v) is 2.35. The molecule has 0 saturated heterocycles. The first kappa shape index (κ1) is 13.7. The molecule has 0 unspecified atom stereocenters. The number of alkyl halides is 2. The van der Waals surface area contributed by atoms with Gasteiger partial charge in [-0.15, -0.1) is 0 Å². The first-order valence-corrected chi connectivity index (χ1v) is 5.43. The van der Waals surface area contributed by atoms with Crippen LogP contribution in [0.25, 0.3) is 0 Å². The van der Waals surface area contributed by atoms with Crippen LogP contribution in [-0.4, -0.2) is 20.1 Å². The van der Waals surface area contributed by atoms with Crippen LogP contribution >= 0.6 is 0 Å². The zero-order chi connectivity index (χ0) is 12.8. The molecule has 2 N–H and O–H groups in total. The van der Waals surface area contributed by atoms with E-state index in [1.807, 2.05) is 6.92 Å². The van der Waals surface area contributed by atoms with Gasteiger partial charge in [-0.05, 0) is 24.6 Å². The fraction of sp³-hybridized carbons (Fsp3) is 0.500. The first-order chi connectivity index (χ1) is 8.08. The van der Waals surface area contributed by atoms with Crippen molar-refractivity contribution in [2.45, 2.75) is 25.8 Å². The van der Waals surface area contributed by atoms with Crippen LogP contribution < -0.4 is 15.2 Å². The molecule has 0 aliphatic heterocycles. The molecule has 0 heterocycles. The van der Waals surface area contributed by atoms with Crippen molar-refractivity contribution in [1.82, 2.24) is 0 Å². The van der Waals surface area contributed by atoms with Gasteiger partial charge in [0.05, 0.1) is 13.7 Å². The van der Waals surface area contributed by atoms with Crippen molar-refractivity contribution in [2.75, 3.05) is 13.7 Å². The molecule has 3 nitrogen and oxygen atoms in total. The van der Waals surface area contributed by atoms with E-state index in [2.05, 4.69) is 0 Å². The number of ether oxygens (including phenoxy) is 2. The van der Waals surface area contributed by atoms with E-state index >= 15 is 0 Å². The predicted molar refractivity (Wildman–Crippen MR) is 61.7 cm³/mol. The minimum absolute atomic E-state index is 0.363. The molecule has 1 rings (SSSR count). The second-order valence-corrected chi connectivity index (χ2v) is 3.58. The van der Waals surface area contributed by atoms with E-state index in [0.29, 0.717) is 23.7 Å². The van der Waals surface area contributed by atoms with Crippen molar-refractivity contribution >= 4 is 0 Å². The summed E-state index contributed by atoms with van der Waals surface area (Å²) in [6.45, 7) is 2.31. The van der Waals surface area contributed by atoms with Crippen molar-refractivity contribution in [1.29, 1.82) is 0 Å². The third kappa shape index (κ3) is 3.85. The van der Waals surface area contributed by atoms with Gasteiger partial charge in [-0.2, -0.15) is 0 Å². The molecule has 17 heavy (non-hydrogen) atoms. The first-order valence-electron chi connectivity index (χ1n) is 5.43. The molecule has 0 saturated carbocycles. The summed E-state index contributed by atoms with van der Waals surface area (Å²) in [6, 6.07) is 4.30. The molecule has 0 radical (unpaired) electrons. The van der Waals surface area contributed by atoms with Gasteiger partial charge >= 0.3 is 0 Å². The van der Waals surface area contributed by atoms with Crippen LogP contribution in [0.3, 0.4) is 0 Å². The van der Waals surface area contributed by atoms with Crippen molar-refractivity contribution < 1.29 is 18.3 Å². The van der Waals surface area contributed by atoms with E-state index in [-0.39, 0.29) is 6.42 Å². The topological polar surface area (TPSA) is 44.5 Å². The number of rotatable bonds is 6. The van der Waals surface area contributed by atoms with Crippen molar-refractivity contribution in [3.05, 3.63) is 23.8 Å². The van der Waals surface area contributed by atoms with Crippen LogP contribution in [0, 0.1) is 0 Å². The predicted octanol–water partition coefficient (Wildman–Crippen LogP) is 2.75. The minimum atomic E-state index is -2.41. The lowest BCUT2D eigenvalue weighted by atomic mass is 10.0. The highest BCUT2D eigenvalue weighted by molar-refractivity contribution is 5.43. The highest BCUT2D eigenvalue weighted by Crippen LogP contribution is 2.31. The number of hydrogen-bond donors (Lipinski definition) is 1. The SMILES string of the molecule is CCOc1cc([C@@H](N)CC(F)F)ccc1OC. The number of methoxy groups -OCH3 is 1. The van der Waals surface area contributed by atoms with Crippen LogP contribution in [0.1, 0.15) is 24.9 Å². The number of halogens is 2. The summed E-state index contributed by atoms with van der Waals surface area (Å²) in [7, 11) is 1.52. The van der Waals surface area contributed by atoms with Crippen LogP contribution in [0.4, 0.5) is 8.78 Å². The zero-order valence-electron chi connectivity index (χ0n) is 9.95. The van der Waals surface area contributed by atoms with Gasteiger partial charge in [0, 0.05) is 12.5 Å². The van der Waals surface area contributed by atoms with E-state index < -0.39 is 12.5 Å². The molecule has 0 bridgehead atoms. The fourth-order valence-corrected chi connectivity index (χ4v) is 1.52. The van der Waals surface area contributed by atoms with Crippen molar-refractivity contribution in [2.24, 2.45) is 5.73 Å². The molecule has 5 heteroatoms. The Morgan fingerprint density at radius 2 is 2.00 bits per heavy atom. The second kappa shape index (κ2) is 6.39. The molecular weight excluding hydrogens is 228 g/mol. The maximum Gasteiger partial charge on any atom is 0.240 e. The molecule has 0 fully saturated rings. The number of hydrogen-bond acceptors (Lipinski definition) is 3. The van der Waals surface area contributed by atoms with Crippen LogP contribution in [0.5, 0.6) is 11.5 Å². The van der Waals surface area contributed by atoms with Gasteiger partial charge in [0.15, 0.2) is 11.5 Å². The lowest BCUT2D eigenvalue weighted by molar-refractivity contribution is 0.128. The average Bonchev–Trinajstić information content (AvgIpc) is 2.28. The minimum Gasteiger partial charge on any atom is -0.493 e. The lowest BCUT2D eigenvalue weighted by Crippen LogP contribution is -2.14. The Kier molecular flexibility index (Phi) is 5.15. The molecule has 1 atom stereocenters. The van der Waals surface area contributed by atoms with E-state index in [1.165, 1.54) is 7.11 Å². The van der Waals surface area contributed by atoms with Gasteiger partial charge in [0.25, 0.3) is 0 Å². The van der Waals surface area contributed by atoms with E-state index in [9.17, 15) is 8.78 Å². The molecule has 0 aromatic heterocycles. The molecule has 0 aliphatic carbocycles. The summed E-state index contributed by atoms with van der Waals surface area (Å²) in [5.41, 5.74) is 6.30. The Bertz CT molecular complexity index is 358. The highest BCUT2D eigenvalue weighted by atomic mass is 19.3. The summed E-state index contributed by atoms with van der Waals surface area (Å²) in [5.74, 6) is 1.09. The molecular formula is C12H17F2NO2. The molecule has 96 valence electrons. The molecule has 0 spiro atoms. The third-order valence-electron chi connectivity index (χ3n) is 2.35. The van der Waals surface area contributed by atoms with Crippen molar-refractivity contribution in [3.8, 4) is 11.5 Å². The Hall–Kier alpha value is -1.36. The average molecular weight is 245 g/mol. The number of nitrogens with two attached hydrogens (primary N) is 1. The Balaban J connectivity index is 2.90. The van der Waals surface area contributed by atoms with E-state index in [4.69, 9.17) is 15.2 Å². The van der Waals surface area contributed by atoms with Crippen LogP contribution in [0.2, 0.25) is 0 Å². The van der Waals surface area contributed by atoms with Gasteiger partial charge in [-0.25, -0.2) is 8.78 Å². The normalized spacial score (nSPS) is 12.6. The monoisotopic (exact) mass is 245 g/mol. The summed E-state index contributed by atoms with van der Waals surface area (Å²) in [6.07, 6.45) is -2.78. The lowest BCUT2D eigenvalue weighted by Gasteiger charge is -2.15. The number of benzene rings is 1. The Morgan fingerprint density at radius 1 is 1.29 bits per heavy atom. The maximum absolute atomic E-state index is 12.2. The van der Waals surface area contributed by atoms with Gasteiger partial charge in [-0.1, -0.05) is 6.07 Å². The van der Waals surface area contributed by atoms with Gasteiger partial charge in [0.2, 0.25) is 6.43 Å². The zero-order valence-corrected chi connectivity index (χ0v) is 9.95. The Labute approximate surface area is 99.5 Å². The molecule has 1 aromatic carbocycles. The molecule has 0 aliphatic rings. The van der Waals surface area contributed by atoms with Crippen LogP contribution in [0.15, 0.2) is 18.2 Å². The van der Waals surface area contributed by atoms with Gasteiger partial charge in [-0.3, -0.25) is 0 Å². The second-order valence-electron chi connectivity index (χ2n) is 3.58. The Morgan fingerprint density at radius 3 is 2.53 bits per heavy atom. The summed E-state index contributed by atoms with van der Waals surface area (Å²) in [4.78, 5) is 0. The quantitative estimate of drug-likeness (QED) is 0.838. The largest absolute Gasteiger partial charge is 0.493 e. The smallest absolute Gasteiger partial charge is 0.240 e. The molecule has 1 aromatic rings. The summed E-state index contributed by atoms with van der Waals surface area (Å²) < 4.78 is 34.9. The van der Waals surface area contributed by atoms with Crippen LogP contribution in [-0.2, 0) is 0 Å². The van der Waals surface area contributed by atoms with Gasteiger partial charge < -0.3 is 15.2 Å². The summed E-state index contributed by atoms with van der Waals surface area (Å²) >= 11 is 0. The van der Waals surface area contributed by atoms with E-state index in [0.717, 1.165) is 0 Å². The van der Waals surface area contributed by atoms with E-state index in [1.54, 1.807) is 18.2 Å². The summed E-state index contributed by atoms with van der Waals surface area (Å²) in [5, 5.41) is 0. The highest BCUT2D eigenvalue weighted by Gasteiger charge is 2.15.